The van der Waals surface area contributed by atoms with Gasteiger partial charge in [0.2, 0.25) is 0 Å². The summed E-state index contributed by atoms with van der Waals surface area (Å²) in [6.07, 6.45) is 0.986. The van der Waals surface area contributed by atoms with Crippen LogP contribution in [0, 0.1) is 0 Å². The van der Waals surface area contributed by atoms with E-state index in [-0.39, 0.29) is 0 Å². The largest absolute Gasteiger partial charge is 0.397 e. The van der Waals surface area contributed by atoms with Gasteiger partial charge in [0.05, 0.1) is 11.4 Å². The predicted molar refractivity (Wildman–Crippen MR) is 69.1 cm³/mol. The predicted octanol–water partition coefficient (Wildman–Crippen LogP) is 1.92. The first-order chi connectivity index (χ1) is 7.60. The van der Waals surface area contributed by atoms with Gasteiger partial charge in [-0.15, -0.1) is 0 Å². The minimum Gasteiger partial charge on any atom is -0.397 e. The minimum atomic E-state index is 0.630. The fourth-order valence-electron chi connectivity index (χ4n) is 1.53. The normalized spacial score (nSPS) is 11.9. The van der Waals surface area contributed by atoms with Gasteiger partial charge in [-0.05, 0) is 36.1 Å². The summed E-state index contributed by atoms with van der Waals surface area (Å²) < 4.78 is 0. The number of hydrogen-bond donors (Lipinski definition) is 3. The van der Waals surface area contributed by atoms with E-state index in [2.05, 4.69) is 31.1 Å². The lowest BCUT2D eigenvalue weighted by Gasteiger charge is -2.12. The van der Waals surface area contributed by atoms with Gasteiger partial charge in [-0.3, -0.25) is 5.84 Å². The van der Waals surface area contributed by atoms with Gasteiger partial charge >= 0.3 is 0 Å². The summed E-state index contributed by atoms with van der Waals surface area (Å²) in [6.45, 7) is 7.81. The molecule has 1 aromatic rings. The van der Waals surface area contributed by atoms with E-state index in [4.69, 9.17) is 11.6 Å². The average molecular weight is 217 g/mol. The lowest BCUT2D eigenvalue weighted by Crippen LogP contribution is -2.25. The highest BCUT2D eigenvalue weighted by Crippen LogP contribution is 2.17. The summed E-state index contributed by atoms with van der Waals surface area (Å²) in [5.41, 5.74) is 13.0. The monoisotopic (exact) mass is 217 g/mol. The summed E-state index contributed by atoms with van der Waals surface area (Å²) in [6, 6.07) is 8.10. The highest BCUT2D eigenvalue weighted by Gasteiger charge is 2.05. The summed E-state index contributed by atoms with van der Waals surface area (Å²) in [7, 11) is 0. The van der Waals surface area contributed by atoms with E-state index in [1.165, 1.54) is 5.56 Å². The maximum Gasteiger partial charge on any atom is 0.0745 e. The Hall–Kier alpha value is -1.74. The molecule has 1 rings (SSSR count). The molecule has 0 aliphatic rings. The molecule has 5 N–H and O–H groups in total. The van der Waals surface area contributed by atoms with Crippen molar-refractivity contribution < 1.29 is 0 Å². The van der Waals surface area contributed by atoms with Crippen molar-refractivity contribution in [2.24, 2.45) is 11.6 Å². The van der Waals surface area contributed by atoms with Gasteiger partial charge in [-0.2, -0.15) is 0 Å². The molecule has 0 atom stereocenters. The topological polar surface area (TPSA) is 64.1 Å². The van der Waals surface area contributed by atoms with Crippen LogP contribution in [0.15, 0.2) is 42.1 Å². The Bertz CT molecular complexity index is 419. The van der Waals surface area contributed by atoms with Crippen molar-refractivity contribution in [3.63, 3.8) is 0 Å². The molecule has 0 spiro atoms. The Morgan fingerprint density at radius 3 is 2.62 bits per heavy atom. The fraction of sp³-hybridized carbons (Fsp3) is 0.231. The SMILES string of the molecule is C=C(C)/C(NN)=C(/N)c1cccc(CC)c1. The van der Waals surface area contributed by atoms with Gasteiger partial charge in [-0.25, -0.2) is 0 Å². The van der Waals surface area contributed by atoms with E-state index in [1.807, 2.05) is 19.1 Å². The van der Waals surface area contributed by atoms with E-state index in [0.29, 0.717) is 11.4 Å². The van der Waals surface area contributed by atoms with Crippen LogP contribution in [0.2, 0.25) is 0 Å². The zero-order valence-electron chi connectivity index (χ0n) is 9.88. The van der Waals surface area contributed by atoms with E-state index in [1.54, 1.807) is 0 Å². The first-order valence-corrected chi connectivity index (χ1v) is 5.31. The maximum atomic E-state index is 6.05. The third kappa shape index (κ3) is 2.64. The fourth-order valence-corrected chi connectivity index (χ4v) is 1.53. The van der Waals surface area contributed by atoms with Gasteiger partial charge in [0.25, 0.3) is 0 Å². The molecular formula is C13H19N3. The molecule has 0 saturated heterocycles. The van der Waals surface area contributed by atoms with Crippen LogP contribution in [-0.4, -0.2) is 0 Å². The number of nitrogens with one attached hydrogen (secondary N) is 1. The Morgan fingerprint density at radius 1 is 1.44 bits per heavy atom. The van der Waals surface area contributed by atoms with Crippen LogP contribution < -0.4 is 17.0 Å². The Morgan fingerprint density at radius 2 is 2.12 bits per heavy atom. The molecule has 0 saturated carbocycles. The maximum absolute atomic E-state index is 6.05. The van der Waals surface area contributed by atoms with Crippen LogP contribution in [0.1, 0.15) is 25.0 Å². The molecule has 0 heterocycles. The molecule has 0 aliphatic carbocycles. The molecular weight excluding hydrogens is 198 g/mol. The van der Waals surface area contributed by atoms with E-state index in [0.717, 1.165) is 17.6 Å². The van der Waals surface area contributed by atoms with E-state index >= 15 is 0 Å². The number of allylic oxidation sites excluding steroid dienone is 1. The summed E-state index contributed by atoms with van der Waals surface area (Å²) in [4.78, 5) is 0. The Kier molecular flexibility index (Phi) is 4.14. The van der Waals surface area contributed by atoms with Crippen LogP contribution in [-0.2, 0) is 6.42 Å². The van der Waals surface area contributed by atoms with Crippen molar-refractivity contribution in [3.8, 4) is 0 Å². The van der Waals surface area contributed by atoms with E-state index in [9.17, 15) is 0 Å². The molecule has 1 aromatic carbocycles. The second-order valence-electron chi connectivity index (χ2n) is 3.77. The van der Waals surface area contributed by atoms with Crippen LogP contribution in [0.3, 0.4) is 0 Å². The number of nitrogens with two attached hydrogens (primary N) is 2. The molecule has 0 bridgehead atoms. The summed E-state index contributed by atoms with van der Waals surface area (Å²) in [5, 5.41) is 0. The lowest BCUT2D eigenvalue weighted by atomic mass is 10.0. The first-order valence-electron chi connectivity index (χ1n) is 5.31. The van der Waals surface area contributed by atoms with Crippen molar-refractivity contribution in [1.29, 1.82) is 0 Å². The molecule has 3 heteroatoms. The van der Waals surface area contributed by atoms with Crippen LogP contribution in [0.25, 0.3) is 5.70 Å². The molecule has 3 nitrogen and oxygen atoms in total. The Balaban J connectivity index is 3.20. The van der Waals surface area contributed by atoms with Crippen molar-refractivity contribution in [2.75, 3.05) is 0 Å². The van der Waals surface area contributed by atoms with Crippen molar-refractivity contribution in [3.05, 3.63) is 53.2 Å². The second-order valence-corrected chi connectivity index (χ2v) is 3.77. The molecule has 0 amide bonds. The summed E-state index contributed by atoms with van der Waals surface area (Å²) >= 11 is 0. The van der Waals surface area contributed by atoms with Gasteiger partial charge in [0, 0.05) is 0 Å². The van der Waals surface area contributed by atoms with Crippen LogP contribution in [0.4, 0.5) is 0 Å². The van der Waals surface area contributed by atoms with Gasteiger partial charge in [-0.1, -0.05) is 31.7 Å². The second kappa shape index (κ2) is 5.37. The standard InChI is InChI=1S/C13H19N3/c1-4-10-6-5-7-11(8-10)12(14)13(16-15)9(2)3/h5-8,16H,2,4,14-15H2,1,3H3/b13-12-. The third-order valence-electron chi connectivity index (χ3n) is 2.49. The number of hydrogen-bond acceptors (Lipinski definition) is 3. The average Bonchev–Trinajstić information content (AvgIpc) is 2.29. The molecule has 86 valence electrons. The van der Waals surface area contributed by atoms with Gasteiger partial charge in [0.15, 0.2) is 0 Å². The Labute approximate surface area is 96.8 Å². The lowest BCUT2D eigenvalue weighted by molar-refractivity contribution is 0.896. The van der Waals surface area contributed by atoms with Gasteiger partial charge < -0.3 is 11.2 Å². The molecule has 16 heavy (non-hydrogen) atoms. The number of benzene rings is 1. The zero-order valence-corrected chi connectivity index (χ0v) is 9.88. The molecule has 0 aliphatic heterocycles. The molecule has 0 radical (unpaired) electrons. The molecule has 0 unspecified atom stereocenters. The first kappa shape index (κ1) is 12.3. The summed E-state index contributed by atoms with van der Waals surface area (Å²) in [5.74, 6) is 5.43. The van der Waals surface area contributed by atoms with Crippen molar-refractivity contribution in [1.82, 2.24) is 5.43 Å². The van der Waals surface area contributed by atoms with Crippen molar-refractivity contribution in [2.45, 2.75) is 20.3 Å². The van der Waals surface area contributed by atoms with Gasteiger partial charge in [0.1, 0.15) is 0 Å². The third-order valence-corrected chi connectivity index (χ3v) is 2.49. The highest BCUT2D eigenvalue weighted by atomic mass is 15.2. The zero-order chi connectivity index (χ0) is 12.1. The number of hydrazine groups is 1. The number of aryl methyl sites for hydroxylation is 1. The smallest absolute Gasteiger partial charge is 0.0745 e. The number of rotatable bonds is 4. The quantitative estimate of drug-likeness (QED) is 0.410. The highest BCUT2D eigenvalue weighted by molar-refractivity contribution is 5.69. The van der Waals surface area contributed by atoms with Crippen molar-refractivity contribution >= 4 is 5.70 Å². The minimum absolute atomic E-state index is 0.630. The van der Waals surface area contributed by atoms with Crippen LogP contribution in [0.5, 0.6) is 0 Å². The van der Waals surface area contributed by atoms with Crippen LogP contribution >= 0.6 is 0 Å². The van der Waals surface area contributed by atoms with E-state index < -0.39 is 0 Å². The molecule has 0 aromatic heterocycles. The molecule has 0 fully saturated rings.